The van der Waals surface area contributed by atoms with Crippen LogP contribution in [0.3, 0.4) is 0 Å². The van der Waals surface area contributed by atoms with Gasteiger partial charge >= 0.3 is 18.9 Å². The van der Waals surface area contributed by atoms with Gasteiger partial charge in [0.15, 0.2) is 0 Å². The van der Waals surface area contributed by atoms with E-state index in [1.807, 2.05) is 0 Å². The van der Waals surface area contributed by atoms with Crippen LogP contribution in [0.2, 0.25) is 0 Å². The number of nitrogens with zero attached hydrogens (tertiary/aromatic N) is 2. The van der Waals surface area contributed by atoms with Crippen LogP contribution >= 0.6 is 0 Å². The van der Waals surface area contributed by atoms with E-state index in [2.05, 4.69) is 83.8 Å². The van der Waals surface area contributed by atoms with Crippen molar-refractivity contribution in [2.45, 2.75) is 57.3 Å². The summed E-state index contributed by atoms with van der Waals surface area (Å²) in [5.74, 6) is 0.673. The van der Waals surface area contributed by atoms with E-state index in [1.165, 1.54) is 88.8 Å². The van der Waals surface area contributed by atoms with Crippen molar-refractivity contribution in [2.75, 3.05) is 39.3 Å². The minimum Gasteiger partial charge on any atom is -0.343 e. The van der Waals surface area contributed by atoms with Crippen molar-refractivity contribution in [3.05, 3.63) is 85.1 Å². The molecule has 0 N–H and O–H groups in total. The van der Waals surface area contributed by atoms with Gasteiger partial charge in [0, 0.05) is 6.54 Å². The van der Waals surface area contributed by atoms with Crippen LogP contribution in [0.25, 0.3) is 0 Å². The van der Waals surface area contributed by atoms with Gasteiger partial charge in [-0.1, -0.05) is 55.7 Å². The van der Waals surface area contributed by atoms with Gasteiger partial charge in [-0.3, -0.25) is 0 Å². The number of likely N-dealkylation sites (tertiary alicyclic amines) is 2. The van der Waals surface area contributed by atoms with E-state index in [1.54, 1.807) is 0 Å². The second-order valence-corrected chi connectivity index (χ2v) is 9.09. The minimum absolute atomic E-state index is 0. The van der Waals surface area contributed by atoms with Crippen molar-refractivity contribution in [1.29, 1.82) is 0 Å². The fourth-order valence-electron chi connectivity index (χ4n) is 4.75. The molecule has 4 rings (SSSR count). The molecule has 0 aliphatic carbocycles. The SMILES string of the molecule is [CH2-]CC[C@H](CN1CCCCC1)c1ccccc1.[Li+].c1ccc([CH-]CN2CCCCC2)cc1. The van der Waals surface area contributed by atoms with Crippen LogP contribution in [-0.2, 0) is 0 Å². The van der Waals surface area contributed by atoms with Crippen molar-refractivity contribution >= 4 is 0 Å². The summed E-state index contributed by atoms with van der Waals surface area (Å²) in [4.78, 5) is 5.17. The van der Waals surface area contributed by atoms with Gasteiger partial charge in [-0.15, -0.1) is 12.1 Å². The maximum absolute atomic E-state index is 4.03. The molecule has 3 heteroatoms. The Balaban J connectivity index is 0.000000224. The van der Waals surface area contributed by atoms with E-state index in [4.69, 9.17) is 0 Å². The smallest absolute Gasteiger partial charge is 0.343 e. The maximum Gasteiger partial charge on any atom is 1.00 e. The number of hydrogen-bond donors (Lipinski definition) is 0. The molecule has 170 valence electrons. The predicted octanol–water partition coefficient (Wildman–Crippen LogP) is 3.60. The Morgan fingerprint density at radius 1 is 0.719 bits per heavy atom. The number of benzene rings is 2. The van der Waals surface area contributed by atoms with Crippen molar-refractivity contribution < 1.29 is 18.9 Å². The zero-order valence-electron chi connectivity index (χ0n) is 20.4. The van der Waals surface area contributed by atoms with Gasteiger partial charge in [0.25, 0.3) is 0 Å². The van der Waals surface area contributed by atoms with E-state index in [0.29, 0.717) is 5.92 Å². The quantitative estimate of drug-likeness (QED) is 0.471. The molecule has 2 aliphatic rings. The van der Waals surface area contributed by atoms with Crippen LogP contribution in [0.5, 0.6) is 0 Å². The Bertz CT molecular complexity index is 679. The molecule has 0 amide bonds. The summed E-state index contributed by atoms with van der Waals surface area (Å²) in [7, 11) is 0. The van der Waals surface area contributed by atoms with Crippen LogP contribution in [0.15, 0.2) is 60.7 Å². The summed E-state index contributed by atoms with van der Waals surface area (Å²) in [6, 6.07) is 21.6. The third-order valence-electron chi connectivity index (χ3n) is 6.58. The molecule has 2 nitrogen and oxygen atoms in total. The summed E-state index contributed by atoms with van der Waals surface area (Å²) in [6.45, 7) is 11.5. The third-order valence-corrected chi connectivity index (χ3v) is 6.58. The van der Waals surface area contributed by atoms with Crippen LogP contribution < -0.4 is 18.9 Å². The number of piperidine rings is 2. The molecule has 2 aromatic rings. The van der Waals surface area contributed by atoms with Gasteiger partial charge in [0.05, 0.1) is 0 Å². The van der Waals surface area contributed by atoms with Crippen molar-refractivity contribution in [3.8, 4) is 0 Å². The zero-order valence-corrected chi connectivity index (χ0v) is 20.4. The Kier molecular flexibility index (Phi) is 13.9. The van der Waals surface area contributed by atoms with Gasteiger partial charge in [-0.2, -0.15) is 30.5 Å². The molecule has 2 saturated heterocycles. The topological polar surface area (TPSA) is 6.48 Å². The first-order valence-electron chi connectivity index (χ1n) is 12.5. The molecule has 0 unspecified atom stereocenters. The monoisotopic (exact) mass is 425 g/mol. The molecule has 0 spiro atoms. The molecule has 0 aromatic heterocycles. The van der Waals surface area contributed by atoms with Gasteiger partial charge in [-0.25, -0.2) is 0 Å². The van der Waals surface area contributed by atoms with E-state index in [0.717, 1.165) is 13.0 Å². The molecule has 1 atom stereocenters. The summed E-state index contributed by atoms with van der Waals surface area (Å²) in [6.07, 6.45) is 12.9. The van der Waals surface area contributed by atoms with Crippen LogP contribution in [-0.4, -0.2) is 49.1 Å². The normalized spacial score (nSPS) is 18.0. The van der Waals surface area contributed by atoms with Crippen LogP contribution in [0.4, 0.5) is 0 Å². The fourth-order valence-corrected chi connectivity index (χ4v) is 4.75. The van der Waals surface area contributed by atoms with Gasteiger partial charge in [0.1, 0.15) is 0 Å². The Labute approximate surface area is 210 Å². The van der Waals surface area contributed by atoms with Gasteiger partial charge in [0.2, 0.25) is 0 Å². The van der Waals surface area contributed by atoms with E-state index in [9.17, 15) is 0 Å². The second-order valence-electron chi connectivity index (χ2n) is 9.09. The zero-order chi connectivity index (χ0) is 21.6. The molecule has 2 aromatic carbocycles. The van der Waals surface area contributed by atoms with Gasteiger partial charge in [-0.05, 0) is 69.9 Å². The van der Waals surface area contributed by atoms with Crippen LogP contribution in [0, 0.1) is 13.3 Å². The van der Waals surface area contributed by atoms with E-state index >= 15 is 0 Å². The first kappa shape index (κ1) is 27.1. The van der Waals surface area contributed by atoms with E-state index in [-0.39, 0.29) is 18.9 Å². The molecule has 0 saturated carbocycles. The molecular formula is C29H42LiN2-. The molecule has 0 bridgehead atoms. The number of rotatable bonds is 8. The standard InChI is InChI=1S/C16H24N.C13H18N.Li/c1-2-9-16(15-10-5-3-6-11-15)14-17-12-7-4-8-13-17;1-3-7-13(8-4-1)9-12-14-10-5-2-6-11-14;/h3,5-6,10-11,16H,1-2,4,7-9,12-14H2;1,3-4,7-9H,2,5-6,10-12H2;/q2*-1;+1/t16-;;/m1../s1. The minimum atomic E-state index is 0. The van der Waals surface area contributed by atoms with Gasteiger partial charge < -0.3 is 16.7 Å². The molecular weight excluding hydrogens is 383 g/mol. The van der Waals surface area contributed by atoms with Crippen molar-refractivity contribution in [3.63, 3.8) is 0 Å². The number of hydrogen-bond acceptors (Lipinski definition) is 2. The Morgan fingerprint density at radius 2 is 1.25 bits per heavy atom. The largest absolute Gasteiger partial charge is 1.00 e. The predicted molar refractivity (Wildman–Crippen MR) is 134 cm³/mol. The average molecular weight is 426 g/mol. The fraction of sp³-hybridized carbons (Fsp3) is 0.517. The average Bonchev–Trinajstić information content (AvgIpc) is 2.85. The Hall–Kier alpha value is -1.17. The van der Waals surface area contributed by atoms with Crippen molar-refractivity contribution in [2.24, 2.45) is 0 Å². The molecule has 2 heterocycles. The summed E-state index contributed by atoms with van der Waals surface area (Å²) < 4.78 is 0. The van der Waals surface area contributed by atoms with Crippen molar-refractivity contribution in [1.82, 2.24) is 9.80 Å². The summed E-state index contributed by atoms with van der Waals surface area (Å²) in [5.41, 5.74) is 2.83. The van der Waals surface area contributed by atoms with E-state index < -0.39 is 0 Å². The maximum atomic E-state index is 4.03. The third kappa shape index (κ3) is 10.2. The Morgan fingerprint density at radius 3 is 1.81 bits per heavy atom. The molecule has 2 fully saturated rings. The first-order chi connectivity index (χ1) is 15.3. The second kappa shape index (κ2) is 16.4. The molecule has 2 aliphatic heterocycles. The summed E-state index contributed by atoms with van der Waals surface area (Å²) in [5, 5.41) is 0. The van der Waals surface area contributed by atoms with Crippen LogP contribution in [0.1, 0.15) is 68.4 Å². The molecule has 32 heavy (non-hydrogen) atoms. The first-order valence-corrected chi connectivity index (χ1v) is 12.5. The summed E-state index contributed by atoms with van der Waals surface area (Å²) >= 11 is 0. The molecule has 0 radical (unpaired) electrons.